The van der Waals surface area contributed by atoms with Gasteiger partial charge in [0.15, 0.2) is 0 Å². The Kier molecular flexibility index (Phi) is 4.65. The van der Waals surface area contributed by atoms with Crippen LogP contribution in [-0.2, 0) is 6.42 Å². The molecule has 0 unspecified atom stereocenters. The van der Waals surface area contributed by atoms with Gasteiger partial charge >= 0.3 is 0 Å². The summed E-state index contributed by atoms with van der Waals surface area (Å²) in [5.74, 6) is 1.15. The predicted molar refractivity (Wildman–Crippen MR) is 114 cm³/mol. The first-order valence-electron chi connectivity index (χ1n) is 9.76. The fraction of sp³-hybridized carbons (Fsp3) is 0.348. The molecule has 1 aromatic heterocycles. The van der Waals surface area contributed by atoms with Gasteiger partial charge in [0.2, 0.25) is 0 Å². The molecule has 4 rings (SSSR count). The topological polar surface area (TPSA) is 33.1 Å². The maximum absolute atomic E-state index is 5.08. The minimum absolute atomic E-state index is 1.00. The number of aromatic nitrogens is 2. The number of benzene rings is 2. The molecule has 0 radical (unpaired) electrons. The zero-order valence-electron chi connectivity index (χ0n) is 16.7. The van der Waals surface area contributed by atoms with Crippen LogP contribution in [0.15, 0.2) is 42.5 Å². The van der Waals surface area contributed by atoms with Gasteiger partial charge in [0, 0.05) is 37.5 Å². The van der Waals surface area contributed by atoms with Gasteiger partial charge < -0.3 is 10.2 Å². The van der Waals surface area contributed by atoms with Gasteiger partial charge in [0.05, 0.1) is 11.4 Å². The largest absolute Gasteiger partial charge is 0.378 e. The fourth-order valence-corrected chi connectivity index (χ4v) is 3.71. The van der Waals surface area contributed by atoms with Crippen molar-refractivity contribution in [3.8, 4) is 16.9 Å². The highest BCUT2D eigenvalue weighted by atomic mass is 15.3. The van der Waals surface area contributed by atoms with Crippen molar-refractivity contribution in [3.63, 3.8) is 0 Å². The molecule has 2 heterocycles. The highest BCUT2D eigenvalue weighted by Gasteiger charge is 2.22. The lowest BCUT2D eigenvalue weighted by molar-refractivity contribution is 0.780. The molecule has 27 heavy (non-hydrogen) atoms. The van der Waals surface area contributed by atoms with E-state index in [1.807, 2.05) is 0 Å². The molecule has 0 aliphatic carbocycles. The first-order chi connectivity index (χ1) is 13.0. The van der Waals surface area contributed by atoms with Crippen LogP contribution in [0.4, 0.5) is 11.5 Å². The molecular formula is C23H28N4. The van der Waals surface area contributed by atoms with Gasteiger partial charge in [0.25, 0.3) is 0 Å². The van der Waals surface area contributed by atoms with Gasteiger partial charge in [-0.05, 0) is 68.5 Å². The van der Waals surface area contributed by atoms with E-state index in [1.54, 1.807) is 0 Å². The lowest BCUT2D eigenvalue weighted by Crippen LogP contribution is -2.08. The maximum atomic E-state index is 5.08. The van der Waals surface area contributed by atoms with E-state index >= 15 is 0 Å². The average Bonchev–Trinajstić information content (AvgIpc) is 2.85. The van der Waals surface area contributed by atoms with E-state index in [0.717, 1.165) is 30.2 Å². The number of rotatable bonds is 3. The third-order valence-corrected chi connectivity index (χ3v) is 5.50. The molecule has 3 aromatic rings. The number of hydrogen-bond acceptors (Lipinski definition) is 3. The quantitative estimate of drug-likeness (QED) is 0.716. The van der Waals surface area contributed by atoms with Gasteiger partial charge in [-0.25, -0.2) is 4.68 Å². The van der Waals surface area contributed by atoms with Crippen LogP contribution in [0.3, 0.4) is 0 Å². The summed E-state index contributed by atoms with van der Waals surface area (Å²) < 4.78 is 2.10. The number of hydrogen-bond donors (Lipinski definition) is 1. The Morgan fingerprint density at radius 1 is 1.00 bits per heavy atom. The molecule has 0 amide bonds. The average molecular weight is 361 g/mol. The first-order valence-corrected chi connectivity index (χ1v) is 9.76. The summed E-state index contributed by atoms with van der Waals surface area (Å²) in [5.41, 5.74) is 8.54. The summed E-state index contributed by atoms with van der Waals surface area (Å²) >= 11 is 0. The van der Waals surface area contributed by atoms with E-state index in [2.05, 4.69) is 85.3 Å². The molecular weight excluding hydrogens is 332 g/mol. The molecule has 0 spiro atoms. The van der Waals surface area contributed by atoms with Gasteiger partial charge in [-0.2, -0.15) is 5.10 Å². The second kappa shape index (κ2) is 7.10. The van der Waals surface area contributed by atoms with E-state index in [-0.39, 0.29) is 0 Å². The predicted octanol–water partition coefficient (Wildman–Crippen LogP) is 4.97. The van der Waals surface area contributed by atoms with Crippen LogP contribution in [0.25, 0.3) is 16.9 Å². The number of fused-ring (bicyclic) bond motifs is 1. The minimum Gasteiger partial charge on any atom is -0.378 e. The molecule has 0 bridgehead atoms. The standard InChI is InChI=1S/C23H28N4/c1-16-11-12-20(14-17(16)2)27-23-21(10-5-6-13-24-23)22(25-27)18-8-7-9-19(15-18)26(3)4/h7-9,11-12,14-15,24H,5-6,10,13H2,1-4H3. The van der Waals surface area contributed by atoms with Crippen LogP contribution < -0.4 is 10.2 Å². The van der Waals surface area contributed by atoms with Gasteiger partial charge in [-0.15, -0.1) is 0 Å². The second-order valence-corrected chi connectivity index (χ2v) is 7.68. The smallest absolute Gasteiger partial charge is 0.133 e. The Morgan fingerprint density at radius 3 is 2.63 bits per heavy atom. The van der Waals surface area contributed by atoms with Crippen molar-refractivity contribution in [3.05, 3.63) is 59.2 Å². The number of nitrogens with one attached hydrogen (secondary N) is 1. The summed E-state index contributed by atoms with van der Waals surface area (Å²) in [6.07, 6.45) is 3.45. The van der Waals surface area contributed by atoms with Crippen molar-refractivity contribution >= 4 is 11.5 Å². The summed E-state index contributed by atoms with van der Waals surface area (Å²) in [4.78, 5) is 2.14. The van der Waals surface area contributed by atoms with E-state index in [9.17, 15) is 0 Å². The summed E-state index contributed by atoms with van der Waals surface area (Å²) in [6.45, 7) is 5.32. The van der Waals surface area contributed by atoms with Crippen LogP contribution in [0.2, 0.25) is 0 Å². The van der Waals surface area contributed by atoms with Crippen LogP contribution >= 0.6 is 0 Å². The number of aryl methyl sites for hydroxylation is 2. The molecule has 1 aliphatic rings. The molecule has 140 valence electrons. The maximum Gasteiger partial charge on any atom is 0.133 e. The summed E-state index contributed by atoms with van der Waals surface area (Å²) in [7, 11) is 4.16. The molecule has 4 nitrogen and oxygen atoms in total. The Bertz CT molecular complexity index is 969. The molecule has 0 saturated carbocycles. The molecule has 0 fully saturated rings. The van der Waals surface area contributed by atoms with Crippen LogP contribution in [0.1, 0.15) is 29.5 Å². The van der Waals surface area contributed by atoms with Crippen molar-refractivity contribution in [1.82, 2.24) is 9.78 Å². The monoisotopic (exact) mass is 360 g/mol. The second-order valence-electron chi connectivity index (χ2n) is 7.68. The van der Waals surface area contributed by atoms with Crippen molar-refractivity contribution < 1.29 is 0 Å². The Hall–Kier alpha value is -2.75. The Morgan fingerprint density at radius 2 is 1.85 bits per heavy atom. The zero-order chi connectivity index (χ0) is 19.0. The van der Waals surface area contributed by atoms with Crippen LogP contribution in [-0.4, -0.2) is 30.4 Å². The minimum atomic E-state index is 1.00. The van der Waals surface area contributed by atoms with Crippen LogP contribution in [0, 0.1) is 13.8 Å². The van der Waals surface area contributed by atoms with E-state index in [1.165, 1.54) is 40.8 Å². The van der Waals surface area contributed by atoms with Gasteiger partial charge in [0.1, 0.15) is 5.82 Å². The zero-order valence-corrected chi connectivity index (χ0v) is 16.7. The van der Waals surface area contributed by atoms with E-state index < -0.39 is 0 Å². The molecule has 1 N–H and O–H groups in total. The van der Waals surface area contributed by atoms with E-state index in [0.29, 0.717) is 0 Å². The summed E-state index contributed by atoms with van der Waals surface area (Å²) in [6, 6.07) is 15.2. The van der Waals surface area contributed by atoms with E-state index in [4.69, 9.17) is 5.10 Å². The molecule has 0 saturated heterocycles. The molecule has 1 aliphatic heterocycles. The summed E-state index contributed by atoms with van der Waals surface area (Å²) in [5, 5.41) is 8.72. The Labute approximate surface area is 161 Å². The van der Waals surface area contributed by atoms with Crippen molar-refractivity contribution in [1.29, 1.82) is 0 Å². The molecule has 0 atom stereocenters. The normalized spacial score (nSPS) is 13.6. The fourth-order valence-electron chi connectivity index (χ4n) is 3.71. The molecule has 2 aromatic carbocycles. The lowest BCUT2D eigenvalue weighted by Gasteiger charge is -2.13. The Balaban J connectivity index is 1.89. The van der Waals surface area contributed by atoms with Crippen LogP contribution in [0.5, 0.6) is 0 Å². The van der Waals surface area contributed by atoms with Crippen molar-refractivity contribution in [2.24, 2.45) is 0 Å². The van der Waals surface area contributed by atoms with Gasteiger partial charge in [-0.1, -0.05) is 18.2 Å². The van der Waals surface area contributed by atoms with Gasteiger partial charge in [-0.3, -0.25) is 0 Å². The number of anilines is 2. The lowest BCUT2D eigenvalue weighted by atomic mass is 10.0. The highest BCUT2D eigenvalue weighted by molar-refractivity contribution is 5.74. The highest BCUT2D eigenvalue weighted by Crippen LogP contribution is 2.35. The molecule has 4 heteroatoms. The third-order valence-electron chi connectivity index (χ3n) is 5.50. The first kappa shape index (κ1) is 17.7. The third kappa shape index (κ3) is 3.32. The van der Waals surface area contributed by atoms with Crippen molar-refractivity contribution in [2.45, 2.75) is 33.1 Å². The number of nitrogens with zero attached hydrogens (tertiary/aromatic N) is 3. The van der Waals surface area contributed by atoms with Crippen molar-refractivity contribution in [2.75, 3.05) is 30.9 Å². The SMILES string of the molecule is Cc1ccc(-n2nc(-c3cccc(N(C)C)c3)c3c2NCCCC3)cc1C.